The van der Waals surface area contributed by atoms with Crippen LogP contribution in [0.4, 0.5) is 5.69 Å². The van der Waals surface area contributed by atoms with Crippen LogP contribution in [0.3, 0.4) is 0 Å². The van der Waals surface area contributed by atoms with Crippen molar-refractivity contribution in [2.24, 2.45) is 0 Å². The Kier molecular flexibility index (Phi) is 4.81. The van der Waals surface area contributed by atoms with E-state index in [1.54, 1.807) is 18.2 Å². The summed E-state index contributed by atoms with van der Waals surface area (Å²) >= 11 is 0. The molecule has 2 N–H and O–H groups in total. The van der Waals surface area contributed by atoms with Crippen LogP contribution in [0.25, 0.3) is 5.69 Å². The van der Waals surface area contributed by atoms with Gasteiger partial charge in [0.15, 0.2) is 9.84 Å². The molecule has 2 aromatic carbocycles. The Morgan fingerprint density at radius 2 is 1.81 bits per heavy atom. The number of aromatic hydroxyl groups is 1. The fraction of sp³-hybridized carbons (Fsp3) is 0.105. The van der Waals surface area contributed by atoms with Gasteiger partial charge in [-0.25, -0.2) is 8.42 Å². The van der Waals surface area contributed by atoms with Crippen molar-refractivity contribution in [3.63, 3.8) is 0 Å². The molecule has 0 saturated carbocycles. The van der Waals surface area contributed by atoms with Crippen LogP contribution in [0.15, 0.2) is 71.9 Å². The number of carbonyl (C=O) groups is 1. The summed E-state index contributed by atoms with van der Waals surface area (Å²) in [7, 11) is -3.44. The van der Waals surface area contributed by atoms with Crippen LogP contribution in [0.2, 0.25) is 0 Å². The van der Waals surface area contributed by atoms with Gasteiger partial charge in [0.1, 0.15) is 5.75 Å². The van der Waals surface area contributed by atoms with Crippen LogP contribution in [-0.2, 0) is 9.84 Å². The third-order valence-corrected chi connectivity index (χ3v) is 5.70. The van der Waals surface area contributed by atoms with E-state index in [2.05, 4.69) is 5.32 Å². The molecule has 1 aromatic heterocycles. The van der Waals surface area contributed by atoms with Gasteiger partial charge in [0, 0.05) is 23.6 Å². The molecule has 0 aliphatic heterocycles. The predicted molar refractivity (Wildman–Crippen MR) is 99.6 cm³/mol. The Morgan fingerprint density at radius 1 is 1.08 bits per heavy atom. The predicted octanol–water partition coefficient (Wildman–Crippen LogP) is 3.23. The summed E-state index contributed by atoms with van der Waals surface area (Å²) in [6.45, 7) is 1.53. The first-order chi connectivity index (χ1) is 12.4. The zero-order chi connectivity index (χ0) is 18.7. The van der Waals surface area contributed by atoms with E-state index >= 15 is 0 Å². The van der Waals surface area contributed by atoms with E-state index < -0.39 is 15.7 Å². The second kappa shape index (κ2) is 7.05. The van der Waals surface area contributed by atoms with Crippen molar-refractivity contribution >= 4 is 21.4 Å². The number of nitrogens with zero attached hydrogens (tertiary/aromatic N) is 1. The highest BCUT2D eigenvalue weighted by Gasteiger charge is 2.16. The summed E-state index contributed by atoms with van der Waals surface area (Å²) < 4.78 is 25.9. The molecule has 0 radical (unpaired) electrons. The molecule has 7 heteroatoms. The first-order valence-corrected chi connectivity index (χ1v) is 9.66. The monoisotopic (exact) mass is 370 g/mol. The van der Waals surface area contributed by atoms with E-state index in [0.717, 1.165) is 5.69 Å². The van der Waals surface area contributed by atoms with Crippen molar-refractivity contribution < 1.29 is 18.3 Å². The lowest BCUT2D eigenvalue weighted by molar-refractivity contribution is 0.102. The van der Waals surface area contributed by atoms with Crippen molar-refractivity contribution in [3.8, 4) is 11.4 Å². The molecule has 3 rings (SSSR count). The maximum absolute atomic E-state index is 12.5. The first-order valence-electron chi connectivity index (χ1n) is 8.01. The zero-order valence-corrected chi connectivity index (χ0v) is 14.9. The Labute approximate surface area is 151 Å². The van der Waals surface area contributed by atoms with Gasteiger partial charge in [-0.1, -0.05) is 13.0 Å². The second-order valence-electron chi connectivity index (χ2n) is 5.68. The molecule has 0 aliphatic carbocycles. The van der Waals surface area contributed by atoms with Crippen molar-refractivity contribution in [1.29, 1.82) is 0 Å². The van der Waals surface area contributed by atoms with Crippen molar-refractivity contribution in [2.45, 2.75) is 11.8 Å². The number of aromatic nitrogens is 1. The second-order valence-corrected chi connectivity index (χ2v) is 7.96. The van der Waals surface area contributed by atoms with Gasteiger partial charge in [0.25, 0.3) is 5.91 Å². The van der Waals surface area contributed by atoms with Gasteiger partial charge in [-0.15, -0.1) is 0 Å². The van der Waals surface area contributed by atoms with E-state index in [0.29, 0.717) is 5.56 Å². The van der Waals surface area contributed by atoms with Crippen LogP contribution >= 0.6 is 0 Å². The summed E-state index contributed by atoms with van der Waals surface area (Å²) in [5.74, 6) is -0.709. The van der Waals surface area contributed by atoms with Gasteiger partial charge in [0.05, 0.1) is 16.3 Å². The summed E-state index contributed by atoms with van der Waals surface area (Å²) in [5, 5.41) is 12.5. The van der Waals surface area contributed by atoms with Gasteiger partial charge < -0.3 is 15.0 Å². The Morgan fingerprint density at radius 3 is 2.50 bits per heavy atom. The minimum absolute atomic E-state index is 0.0502. The number of amides is 1. The average molecular weight is 370 g/mol. The number of hydrogen-bond acceptors (Lipinski definition) is 4. The molecule has 0 saturated heterocycles. The molecule has 0 atom stereocenters. The van der Waals surface area contributed by atoms with E-state index in [1.165, 1.54) is 25.1 Å². The molecule has 0 aliphatic rings. The van der Waals surface area contributed by atoms with Crippen LogP contribution in [0.5, 0.6) is 5.75 Å². The zero-order valence-electron chi connectivity index (χ0n) is 14.1. The number of benzene rings is 2. The van der Waals surface area contributed by atoms with Crippen LogP contribution in [0, 0.1) is 0 Å². The van der Waals surface area contributed by atoms with Gasteiger partial charge in [-0.05, 0) is 48.5 Å². The topological polar surface area (TPSA) is 88.4 Å². The number of hydrogen-bond donors (Lipinski definition) is 2. The highest BCUT2D eigenvalue weighted by molar-refractivity contribution is 7.91. The smallest absolute Gasteiger partial charge is 0.255 e. The van der Waals surface area contributed by atoms with E-state index in [1.807, 2.05) is 35.2 Å². The Bertz CT molecular complexity index is 1040. The Hall–Kier alpha value is -3.06. The minimum atomic E-state index is -3.44. The first kappa shape index (κ1) is 17.8. The molecular weight excluding hydrogens is 352 g/mol. The number of phenolic OH excluding ortho intramolecular Hbond substituents is 1. The van der Waals surface area contributed by atoms with Crippen LogP contribution in [0.1, 0.15) is 17.3 Å². The molecular formula is C19H18N2O4S. The summed E-state index contributed by atoms with van der Waals surface area (Å²) in [4.78, 5) is 12.6. The van der Waals surface area contributed by atoms with E-state index in [-0.39, 0.29) is 22.1 Å². The molecule has 0 fully saturated rings. The lowest BCUT2D eigenvalue weighted by atomic mass is 10.1. The summed E-state index contributed by atoms with van der Waals surface area (Å²) in [5.41, 5.74) is 1.25. The van der Waals surface area contributed by atoms with Gasteiger partial charge in [-0.2, -0.15) is 0 Å². The average Bonchev–Trinajstić information content (AvgIpc) is 3.18. The van der Waals surface area contributed by atoms with E-state index in [9.17, 15) is 18.3 Å². The number of anilines is 1. The third-order valence-electron chi connectivity index (χ3n) is 3.97. The SMILES string of the molecule is CCS(=O)(=O)c1ccc(O)c(NC(=O)c2cccc(-n3cccc3)c2)c1. The lowest BCUT2D eigenvalue weighted by Crippen LogP contribution is -2.13. The normalized spacial score (nSPS) is 11.3. The molecule has 0 unspecified atom stereocenters. The molecule has 1 amide bonds. The van der Waals surface area contributed by atoms with E-state index in [4.69, 9.17) is 0 Å². The van der Waals surface area contributed by atoms with Gasteiger partial charge >= 0.3 is 0 Å². The highest BCUT2D eigenvalue weighted by Crippen LogP contribution is 2.27. The maximum atomic E-state index is 12.5. The molecule has 3 aromatic rings. The van der Waals surface area contributed by atoms with Crippen molar-refractivity contribution in [2.75, 3.05) is 11.1 Å². The summed E-state index contributed by atoms with van der Waals surface area (Å²) in [6.07, 6.45) is 3.73. The fourth-order valence-electron chi connectivity index (χ4n) is 2.48. The van der Waals surface area contributed by atoms with Gasteiger partial charge in [-0.3, -0.25) is 4.79 Å². The number of phenols is 1. The van der Waals surface area contributed by atoms with Crippen LogP contribution < -0.4 is 5.32 Å². The standard InChI is InChI=1S/C19H18N2O4S/c1-2-26(24,25)16-8-9-18(22)17(13-16)20-19(23)14-6-5-7-15(12-14)21-10-3-4-11-21/h3-13,22H,2H2,1H3,(H,20,23). The quantitative estimate of drug-likeness (QED) is 0.675. The number of sulfone groups is 1. The molecule has 134 valence electrons. The fourth-order valence-corrected chi connectivity index (χ4v) is 3.39. The largest absolute Gasteiger partial charge is 0.506 e. The van der Waals surface area contributed by atoms with Crippen molar-refractivity contribution in [1.82, 2.24) is 4.57 Å². The number of nitrogens with one attached hydrogen (secondary N) is 1. The molecule has 0 bridgehead atoms. The third kappa shape index (κ3) is 3.62. The van der Waals surface area contributed by atoms with Gasteiger partial charge in [0.2, 0.25) is 0 Å². The van der Waals surface area contributed by atoms with Crippen LogP contribution in [-0.4, -0.2) is 29.8 Å². The highest BCUT2D eigenvalue weighted by atomic mass is 32.2. The molecule has 1 heterocycles. The number of rotatable bonds is 5. The summed E-state index contributed by atoms with van der Waals surface area (Å²) in [6, 6.07) is 14.6. The minimum Gasteiger partial charge on any atom is -0.506 e. The lowest BCUT2D eigenvalue weighted by Gasteiger charge is -2.11. The number of carbonyl (C=O) groups excluding carboxylic acids is 1. The Balaban J connectivity index is 1.89. The van der Waals surface area contributed by atoms with Crippen molar-refractivity contribution in [3.05, 3.63) is 72.6 Å². The molecule has 0 spiro atoms. The molecule has 26 heavy (non-hydrogen) atoms. The maximum Gasteiger partial charge on any atom is 0.255 e. The molecule has 6 nitrogen and oxygen atoms in total.